The van der Waals surface area contributed by atoms with Crippen LogP contribution in [0, 0.1) is 5.92 Å². The van der Waals surface area contributed by atoms with Crippen LogP contribution in [0.2, 0.25) is 0 Å². The largest absolute Gasteiger partial charge is 0.381 e. The van der Waals surface area contributed by atoms with Gasteiger partial charge in [0.1, 0.15) is 5.78 Å². The summed E-state index contributed by atoms with van der Waals surface area (Å²) >= 11 is 1.46. The molecule has 2 fully saturated rings. The lowest BCUT2D eigenvalue weighted by Crippen LogP contribution is -2.17. The highest BCUT2D eigenvalue weighted by molar-refractivity contribution is 7.99. The van der Waals surface area contributed by atoms with Gasteiger partial charge < -0.3 is 4.74 Å². The third-order valence-electron chi connectivity index (χ3n) is 3.86. The standard InChI is InChI=1S/C12H18N4O2S/c17-11(9-5-6-18-7-9)8-19-12-13-14-15-16(12)10-3-1-2-4-10/h9-10H,1-8H2. The van der Waals surface area contributed by atoms with E-state index < -0.39 is 0 Å². The number of thioether (sulfide) groups is 1. The van der Waals surface area contributed by atoms with Crippen molar-refractivity contribution in [2.45, 2.75) is 43.3 Å². The van der Waals surface area contributed by atoms with Gasteiger partial charge in [-0.3, -0.25) is 4.79 Å². The van der Waals surface area contributed by atoms with Gasteiger partial charge in [-0.05, 0) is 29.7 Å². The molecule has 0 amide bonds. The minimum absolute atomic E-state index is 0.0725. The molecule has 1 aliphatic heterocycles. The number of carbonyl (C=O) groups is 1. The highest BCUT2D eigenvalue weighted by atomic mass is 32.2. The number of rotatable bonds is 5. The quantitative estimate of drug-likeness (QED) is 0.762. The van der Waals surface area contributed by atoms with E-state index >= 15 is 0 Å². The smallest absolute Gasteiger partial charge is 0.210 e. The van der Waals surface area contributed by atoms with Gasteiger partial charge in [-0.15, -0.1) is 5.10 Å². The fourth-order valence-corrected chi connectivity index (χ4v) is 3.62. The molecule has 2 heterocycles. The van der Waals surface area contributed by atoms with Crippen molar-refractivity contribution in [2.24, 2.45) is 5.92 Å². The summed E-state index contributed by atoms with van der Waals surface area (Å²) in [6.45, 7) is 1.29. The molecule has 2 aliphatic rings. The lowest BCUT2D eigenvalue weighted by molar-refractivity contribution is -0.120. The number of carbonyl (C=O) groups excluding carboxylic acids is 1. The second-order valence-electron chi connectivity index (χ2n) is 5.16. The summed E-state index contributed by atoms with van der Waals surface area (Å²) in [6.07, 6.45) is 5.62. The summed E-state index contributed by atoms with van der Waals surface area (Å²) in [5.41, 5.74) is 0. The van der Waals surface area contributed by atoms with Gasteiger partial charge in [0.25, 0.3) is 0 Å². The van der Waals surface area contributed by atoms with Gasteiger partial charge in [0.2, 0.25) is 5.16 Å². The van der Waals surface area contributed by atoms with Gasteiger partial charge in [0.05, 0.1) is 18.4 Å². The molecule has 19 heavy (non-hydrogen) atoms. The zero-order valence-corrected chi connectivity index (χ0v) is 11.6. The molecular weight excluding hydrogens is 264 g/mol. The fourth-order valence-electron chi connectivity index (χ4n) is 2.70. The van der Waals surface area contributed by atoms with E-state index in [1.807, 2.05) is 4.68 Å². The van der Waals surface area contributed by atoms with Crippen LogP contribution in [0.25, 0.3) is 0 Å². The Balaban J connectivity index is 1.57. The van der Waals surface area contributed by atoms with Crippen molar-refractivity contribution in [1.82, 2.24) is 20.2 Å². The molecule has 0 spiro atoms. The van der Waals surface area contributed by atoms with Crippen molar-refractivity contribution in [3.63, 3.8) is 0 Å². The zero-order chi connectivity index (χ0) is 13.1. The van der Waals surface area contributed by atoms with Crippen LogP contribution in [0.15, 0.2) is 5.16 Å². The summed E-state index contributed by atoms with van der Waals surface area (Å²) in [6, 6.07) is 0.419. The molecule has 0 N–H and O–H groups in total. The Labute approximate surface area is 116 Å². The molecule has 3 rings (SSSR count). The van der Waals surface area contributed by atoms with E-state index in [1.165, 1.54) is 24.6 Å². The Kier molecular flexibility index (Phi) is 4.12. The summed E-state index contributed by atoms with van der Waals surface area (Å²) in [5.74, 6) is 0.771. The van der Waals surface area contributed by atoms with Crippen LogP contribution in [0.3, 0.4) is 0 Å². The van der Waals surface area contributed by atoms with Gasteiger partial charge in [0.15, 0.2) is 0 Å². The Morgan fingerprint density at radius 2 is 2.21 bits per heavy atom. The molecule has 1 aromatic heterocycles. The maximum Gasteiger partial charge on any atom is 0.210 e. The number of hydrogen-bond acceptors (Lipinski definition) is 6. The van der Waals surface area contributed by atoms with Crippen molar-refractivity contribution in [3.8, 4) is 0 Å². The van der Waals surface area contributed by atoms with Crippen LogP contribution in [0.4, 0.5) is 0 Å². The van der Waals surface area contributed by atoms with Crippen LogP contribution in [0.5, 0.6) is 0 Å². The van der Waals surface area contributed by atoms with Crippen molar-refractivity contribution in [2.75, 3.05) is 19.0 Å². The van der Waals surface area contributed by atoms with E-state index in [9.17, 15) is 4.79 Å². The number of hydrogen-bond donors (Lipinski definition) is 0. The van der Waals surface area contributed by atoms with E-state index in [2.05, 4.69) is 15.5 Å². The Morgan fingerprint density at radius 1 is 1.37 bits per heavy atom. The van der Waals surface area contributed by atoms with Gasteiger partial charge in [-0.1, -0.05) is 24.6 Å². The van der Waals surface area contributed by atoms with E-state index in [-0.39, 0.29) is 11.7 Å². The molecule has 7 heteroatoms. The summed E-state index contributed by atoms with van der Waals surface area (Å²) < 4.78 is 7.14. The van der Waals surface area contributed by atoms with Crippen molar-refractivity contribution in [1.29, 1.82) is 0 Å². The van der Waals surface area contributed by atoms with Gasteiger partial charge >= 0.3 is 0 Å². The second kappa shape index (κ2) is 6.00. The van der Waals surface area contributed by atoms with Crippen LogP contribution in [0.1, 0.15) is 38.1 Å². The van der Waals surface area contributed by atoms with E-state index in [0.29, 0.717) is 25.0 Å². The molecule has 1 saturated carbocycles. The SMILES string of the molecule is O=C(CSc1nnnn1C1CCCC1)C1CCOC1. The monoisotopic (exact) mass is 282 g/mol. The first-order chi connectivity index (χ1) is 9.34. The zero-order valence-electron chi connectivity index (χ0n) is 10.8. The molecule has 0 aromatic carbocycles. The fraction of sp³-hybridized carbons (Fsp3) is 0.833. The first-order valence-corrected chi connectivity index (χ1v) is 7.84. The first-order valence-electron chi connectivity index (χ1n) is 6.85. The summed E-state index contributed by atoms with van der Waals surface area (Å²) in [7, 11) is 0. The molecule has 0 bridgehead atoms. The first kappa shape index (κ1) is 13.1. The maximum atomic E-state index is 12.0. The average Bonchev–Trinajstić information content (AvgIpc) is 3.14. The van der Waals surface area contributed by atoms with Crippen LogP contribution >= 0.6 is 11.8 Å². The van der Waals surface area contributed by atoms with Gasteiger partial charge in [0, 0.05) is 12.5 Å². The molecule has 6 nitrogen and oxygen atoms in total. The number of aromatic nitrogens is 4. The normalized spacial score (nSPS) is 24.1. The number of tetrazole rings is 1. The molecule has 1 saturated heterocycles. The minimum Gasteiger partial charge on any atom is -0.381 e. The van der Waals surface area contributed by atoms with Gasteiger partial charge in [-0.25, -0.2) is 4.68 Å². The molecule has 0 radical (unpaired) electrons. The Morgan fingerprint density at radius 3 is 2.95 bits per heavy atom. The third kappa shape index (κ3) is 2.97. The lowest BCUT2D eigenvalue weighted by Gasteiger charge is -2.11. The van der Waals surface area contributed by atoms with Crippen molar-refractivity contribution < 1.29 is 9.53 Å². The predicted molar refractivity (Wildman–Crippen MR) is 70.0 cm³/mol. The summed E-state index contributed by atoms with van der Waals surface area (Å²) in [4.78, 5) is 12.0. The van der Waals surface area contributed by atoms with Crippen LogP contribution in [-0.4, -0.2) is 45.0 Å². The molecular formula is C12H18N4O2S. The second-order valence-corrected chi connectivity index (χ2v) is 6.10. The molecule has 1 atom stereocenters. The topological polar surface area (TPSA) is 69.9 Å². The number of nitrogens with zero attached hydrogens (tertiary/aromatic N) is 4. The van der Waals surface area contributed by atoms with E-state index in [1.54, 1.807) is 0 Å². The number of ether oxygens (including phenoxy) is 1. The van der Waals surface area contributed by atoms with Crippen LogP contribution in [-0.2, 0) is 9.53 Å². The highest BCUT2D eigenvalue weighted by Gasteiger charge is 2.25. The van der Waals surface area contributed by atoms with Crippen LogP contribution < -0.4 is 0 Å². The minimum atomic E-state index is 0.0725. The Hall–Kier alpha value is -0.950. The third-order valence-corrected chi connectivity index (χ3v) is 4.82. The highest BCUT2D eigenvalue weighted by Crippen LogP contribution is 2.31. The van der Waals surface area contributed by atoms with Crippen molar-refractivity contribution in [3.05, 3.63) is 0 Å². The predicted octanol–water partition coefficient (Wildman–Crippen LogP) is 1.49. The van der Waals surface area contributed by atoms with E-state index in [0.717, 1.165) is 24.4 Å². The lowest BCUT2D eigenvalue weighted by atomic mass is 10.1. The van der Waals surface area contributed by atoms with Gasteiger partial charge in [-0.2, -0.15) is 0 Å². The molecule has 1 aromatic rings. The molecule has 104 valence electrons. The summed E-state index contributed by atoms with van der Waals surface area (Å²) in [5, 5.41) is 12.6. The van der Waals surface area contributed by atoms with Crippen molar-refractivity contribution >= 4 is 17.5 Å². The number of ketones is 1. The molecule has 1 unspecified atom stereocenters. The Bertz CT molecular complexity index is 439. The van der Waals surface area contributed by atoms with E-state index in [4.69, 9.17) is 4.74 Å². The molecule has 1 aliphatic carbocycles. The number of Topliss-reactive ketones (excluding diaryl/α,β-unsaturated/α-hetero) is 1. The maximum absolute atomic E-state index is 12.0. The average molecular weight is 282 g/mol.